The second-order valence-electron chi connectivity index (χ2n) is 14.0. The number of amides is 3. The molecule has 2 aromatic heterocycles. The van der Waals surface area contributed by atoms with Crippen LogP contribution < -0.4 is 10.6 Å². The third-order valence-corrected chi connectivity index (χ3v) is 9.05. The highest BCUT2D eigenvalue weighted by Gasteiger charge is 2.35. The molecule has 2 saturated heterocycles. The Bertz CT molecular complexity index is 1690. The monoisotopic (exact) mass is 661 g/mol. The van der Waals surface area contributed by atoms with Crippen molar-refractivity contribution in [1.82, 2.24) is 24.6 Å². The van der Waals surface area contributed by atoms with E-state index >= 15 is 0 Å². The molecule has 0 aliphatic carbocycles. The Hall–Kier alpha value is -4.52. The number of carbonyl (C=O) groups is 4. The zero-order valence-electron chi connectivity index (χ0n) is 29.0. The van der Waals surface area contributed by atoms with Gasteiger partial charge in [0.1, 0.15) is 11.4 Å². The number of aromatic nitrogens is 3. The van der Waals surface area contributed by atoms with Crippen molar-refractivity contribution >= 4 is 46.5 Å². The van der Waals surface area contributed by atoms with Crippen LogP contribution in [0.2, 0.25) is 0 Å². The van der Waals surface area contributed by atoms with Gasteiger partial charge in [0.25, 0.3) is 0 Å². The summed E-state index contributed by atoms with van der Waals surface area (Å²) in [6.07, 6.45) is 3.38. The number of ether oxygens (including phenoxy) is 2. The van der Waals surface area contributed by atoms with Gasteiger partial charge in [-0.05, 0) is 109 Å². The standard InChI is InChI=1S/C35H47N7O6/c1-8-23-17-25(19-36-30(23)38-33(45)47-34(46)48-35(4,5)6)37-31(43)32(44)41-20-21(2)9-12-29(41)24-10-11-27-22(3)42(39-28(27)18-24)26-13-15-40(7)16-14-26/h10-11,17-19,21,26,29H,8-9,12-16,20H2,1-7H3,(H,37,43)(H,36,38,45)/t21-,29?/m0/s1. The highest BCUT2D eigenvalue weighted by Crippen LogP contribution is 2.36. The van der Waals surface area contributed by atoms with Gasteiger partial charge in [0.05, 0.1) is 29.5 Å². The topological polar surface area (TPSA) is 148 Å². The maximum Gasteiger partial charge on any atom is 0.517 e. The summed E-state index contributed by atoms with van der Waals surface area (Å²) in [7, 11) is 2.15. The van der Waals surface area contributed by atoms with Gasteiger partial charge in [0.2, 0.25) is 0 Å². The predicted molar refractivity (Wildman–Crippen MR) is 182 cm³/mol. The van der Waals surface area contributed by atoms with E-state index in [-0.39, 0.29) is 17.8 Å². The van der Waals surface area contributed by atoms with Crippen molar-refractivity contribution in [1.29, 1.82) is 0 Å². The van der Waals surface area contributed by atoms with Crippen LogP contribution in [-0.4, -0.2) is 80.9 Å². The smallest absolute Gasteiger partial charge is 0.428 e. The fraction of sp³-hybridized carbons (Fsp3) is 0.543. The van der Waals surface area contributed by atoms with E-state index < -0.39 is 29.7 Å². The summed E-state index contributed by atoms with van der Waals surface area (Å²) in [5.41, 5.74) is 3.06. The minimum Gasteiger partial charge on any atom is -0.428 e. The van der Waals surface area contributed by atoms with Crippen molar-refractivity contribution in [2.75, 3.05) is 37.3 Å². The van der Waals surface area contributed by atoms with Gasteiger partial charge >= 0.3 is 24.1 Å². The number of piperidine rings is 2. The van der Waals surface area contributed by atoms with Gasteiger partial charge in [-0.2, -0.15) is 5.10 Å². The van der Waals surface area contributed by atoms with Crippen molar-refractivity contribution in [3.05, 3.63) is 47.3 Å². The van der Waals surface area contributed by atoms with Crippen LogP contribution in [0.5, 0.6) is 0 Å². The lowest BCUT2D eigenvalue weighted by molar-refractivity contribution is -0.146. The Morgan fingerprint density at radius 2 is 1.75 bits per heavy atom. The second-order valence-corrected chi connectivity index (χ2v) is 14.0. The van der Waals surface area contributed by atoms with E-state index in [0.29, 0.717) is 30.3 Å². The normalized spacial score (nSPS) is 19.2. The minimum absolute atomic E-state index is 0.157. The first-order valence-electron chi connectivity index (χ1n) is 16.7. The molecule has 2 atom stereocenters. The van der Waals surface area contributed by atoms with E-state index in [4.69, 9.17) is 9.84 Å². The van der Waals surface area contributed by atoms with Gasteiger partial charge in [-0.25, -0.2) is 14.6 Å². The zero-order chi connectivity index (χ0) is 34.7. The molecule has 258 valence electrons. The van der Waals surface area contributed by atoms with Gasteiger partial charge in [0, 0.05) is 17.6 Å². The molecule has 2 N–H and O–H groups in total. The number of carbonyl (C=O) groups excluding carboxylic acids is 4. The Morgan fingerprint density at radius 1 is 1.02 bits per heavy atom. The fourth-order valence-corrected chi connectivity index (χ4v) is 6.52. The lowest BCUT2D eigenvalue weighted by Gasteiger charge is -2.38. The molecule has 0 spiro atoms. The Labute approximate surface area is 281 Å². The molecule has 3 amide bonds. The molecule has 0 bridgehead atoms. The number of nitrogens with zero attached hydrogens (tertiary/aromatic N) is 5. The van der Waals surface area contributed by atoms with Crippen molar-refractivity contribution in [2.45, 2.75) is 91.3 Å². The molecule has 5 rings (SSSR count). The van der Waals surface area contributed by atoms with Gasteiger partial charge in [-0.1, -0.05) is 26.0 Å². The third kappa shape index (κ3) is 8.12. The first-order chi connectivity index (χ1) is 22.7. The third-order valence-electron chi connectivity index (χ3n) is 9.05. The number of fused-ring (bicyclic) bond motifs is 1. The number of aryl methyl sites for hydroxylation is 2. The first-order valence-corrected chi connectivity index (χ1v) is 16.7. The van der Waals surface area contributed by atoms with Crippen LogP contribution >= 0.6 is 0 Å². The fourth-order valence-electron chi connectivity index (χ4n) is 6.52. The lowest BCUT2D eigenvalue weighted by atomic mass is 9.89. The maximum absolute atomic E-state index is 13.7. The molecule has 2 aliphatic rings. The van der Waals surface area contributed by atoms with Gasteiger partial charge in [-0.3, -0.25) is 19.6 Å². The van der Waals surface area contributed by atoms with Crippen molar-refractivity contribution in [2.24, 2.45) is 5.92 Å². The number of hydrogen-bond acceptors (Lipinski definition) is 9. The summed E-state index contributed by atoms with van der Waals surface area (Å²) in [6, 6.07) is 7.96. The molecule has 0 radical (unpaired) electrons. The largest absolute Gasteiger partial charge is 0.517 e. The van der Waals surface area contributed by atoms with Crippen molar-refractivity contribution < 1.29 is 28.7 Å². The Balaban J connectivity index is 1.28. The molecule has 1 unspecified atom stereocenters. The van der Waals surface area contributed by atoms with E-state index in [1.54, 1.807) is 31.7 Å². The van der Waals surface area contributed by atoms with Crippen molar-refractivity contribution in [3.63, 3.8) is 0 Å². The molecule has 2 fully saturated rings. The number of benzene rings is 1. The molecular weight excluding hydrogens is 614 g/mol. The molecule has 13 nitrogen and oxygen atoms in total. The number of pyridine rings is 1. The van der Waals surface area contributed by atoms with Crippen LogP contribution in [0.3, 0.4) is 0 Å². The number of likely N-dealkylation sites (tertiary alicyclic amines) is 2. The van der Waals surface area contributed by atoms with Crippen LogP contribution in [0.25, 0.3) is 10.9 Å². The summed E-state index contributed by atoms with van der Waals surface area (Å²) in [4.78, 5) is 59.4. The first kappa shape index (κ1) is 34.8. The quantitative estimate of drug-likeness (QED) is 0.191. The molecule has 48 heavy (non-hydrogen) atoms. The van der Waals surface area contributed by atoms with Crippen LogP contribution in [0.1, 0.15) is 89.2 Å². The molecule has 1 aromatic carbocycles. The second kappa shape index (κ2) is 14.3. The van der Waals surface area contributed by atoms with Crippen LogP contribution in [0.15, 0.2) is 30.5 Å². The summed E-state index contributed by atoms with van der Waals surface area (Å²) < 4.78 is 11.8. The SMILES string of the molecule is CCc1cc(NC(=O)C(=O)N2C[C@@H](C)CCC2c2ccc3c(C)n(C4CCN(C)CC4)nc3c2)cnc1NC(=O)OC(=O)OC(C)(C)C. The lowest BCUT2D eigenvalue weighted by Crippen LogP contribution is -2.46. The number of rotatable bonds is 5. The number of nitrogens with one attached hydrogen (secondary N) is 2. The molecule has 0 saturated carbocycles. The van der Waals surface area contributed by atoms with Gasteiger partial charge in [-0.15, -0.1) is 0 Å². The molecule has 2 aliphatic heterocycles. The molecule has 3 aromatic rings. The highest BCUT2D eigenvalue weighted by atomic mass is 16.8. The average Bonchev–Trinajstić information content (AvgIpc) is 3.35. The Morgan fingerprint density at radius 3 is 2.44 bits per heavy atom. The average molecular weight is 662 g/mol. The van der Waals surface area contributed by atoms with Crippen LogP contribution in [-0.2, 0) is 25.5 Å². The van der Waals surface area contributed by atoms with E-state index in [1.807, 2.05) is 6.92 Å². The van der Waals surface area contributed by atoms with Crippen molar-refractivity contribution in [3.8, 4) is 0 Å². The van der Waals surface area contributed by atoms with Gasteiger partial charge in [0.15, 0.2) is 0 Å². The zero-order valence-corrected chi connectivity index (χ0v) is 29.0. The van der Waals surface area contributed by atoms with Crippen LogP contribution in [0, 0.1) is 12.8 Å². The maximum atomic E-state index is 13.7. The van der Waals surface area contributed by atoms with E-state index in [2.05, 4.69) is 69.0 Å². The molecule has 13 heteroatoms. The molecular formula is C35H47N7O6. The summed E-state index contributed by atoms with van der Waals surface area (Å²) in [5.74, 6) is -0.997. The van der Waals surface area contributed by atoms with E-state index in [0.717, 1.165) is 60.9 Å². The summed E-state index contributed by atoms with van der Waals surface area (Å²) in [6.45, 7) is 13.6. The predicted octanol–water partition coefficient (Wildman–Crippen LogP) is 5.99. The Kier molecular flexibility index (Phi) is 10.4. The van der Waals surface area contributed by atoms with E-state index in [1.165, 1.54) is 6.20 Å². The number of anilines is 2. The summed E-state index contributed by atoms with van der Waals surface area (Å²) >= 11 is 0. The van der Waals surface area contributed by atoms with E-state index in [9.17, 15) is 19.2 Å². The summed E-state index contributed by atoms with van der Waals surface area (Å²) in [5, 5.41) is 11.2. The number of hydrogen-bond donors (Lipinski definition) is 2. The molecule has 4 heterocycles. The minimum atomic E-state index is -1.14. The van der Waals surface area contributed by atoms with Crippen LogP contribution in [0.4, 0.5) is 21.1 Å². The van der Waals surface area contributed by atoms with Gasteiger partial charge < -0.3 is 24.6 Å². The highest BCUT2D eigenvalue weighted by molar-refractivity contribution is 6.39.